The van der Waals surface area contributed by atoms with Gasteiger partial charge in [0, 0.05) is 29.6 Å². The number of rotatable bonds is 16. The Labute approximate surface area is 317 Å². The van der Waals surface area contributed by atoms with Crippen molar-refractivity contribution in [3.05, 3.63) is 124 Å². The lowest BCUT2D eigenvalue weighted by Crippen LogP contribution is -2.47. The summed E-state index contributed by atoms with van der Waals surface area (Å²) < 4.78 is 13.7. The quantitative estimate of drug-likeness (QED) is 0.118. The average molecular weight is 740 g/mol. The number of ether oxygens (including phenoxy) is 2. The summed E-state index contributed by atoms with van der Waals surface area (Å²) >= 11 is 6.13. The molecule has 4 aromatic rings. The first kappa shape index (κ1) is 38.2. The van der Waals surface area contributed by atoms with Crippen molar-refractivity contribution in [2.24, 2.45) is 5.92 Å². The highest BCUT2D eigenvalue weighted by Crippen LogP contribution is 2.26. The zero-order valence-corrected chi connectivity index (χ0v) is 30.9. The van der Waals surface area contributed by atoms with Gasteiger partial charge in [-0.1, -0.05) is 110 Å². The Balaban J connectivity index is 1.12. The molecular weight excluding hydrogens is 690 g/mol. The molecule has 0 unspecified atom stereocenters. The lowest BCUT2D eigenvalue weighted by molar-refractivity contribution is -0.123. The molecule has 2 fully saturated rings. The third-order valence-corrected chi connectivity index (χ3v) is 10.4. The lowest BCUT2D eigenvalue weighted by Gasteiger charge is -2.32. The fraction of sp³-hybridized carbons (Fsp3) is 0.429. The van der Waals surface area contributed by atoms with Crippen LogP contribution < -0.4 is 16.0 Å². The molecule has 280 valence electrons. The Morgan fingerprint density at radius 2 is 1.42 bits per heavy atom. The van der Waals surface area contributed by atoms with Crippen LogP contribution in [0.15, 0.2) is 91.0 Å². The summed E-state index contributed by atoms with van der Waals surface area (Å²) in [4.78, 5) is 40.9. The van der Waals surface area contributed by atoms with Crippen LogP contribution in [-0.4, -0.2) is 58.8 Å². The van der Waals surface area contributed by atoms with Gasteiger partial charge in [0.2, 0.25) is 5.91 Å². The van der Waals surface area contributed by atoms with E-state index in [0.29, 0.717) is 37.8 Å². The van der Waals surface area contributed by atoms with Crippen molar-refractivity contribution in [2.45, 2.75) is 95.7 Å². The molecule has 0 spiro atoms. The number of carbonyl (C=O) groups excluding carboxylic acids is 3. The summed E-state index contributed by atoms with van der Waals surface area (Å²) in [5.41, 5.74) is 3.39. The minimum atomic E-state index is -0.426. The molecule has 3 N–H and O–H groups in total. The molecule has 2 aliphatic rings. The number of amides is 3. The molecule has 3 aromatic carbocycles. The molecule has 10 nitrogen and oxygen atoms in total. The predicted octanol–water partition coefficient (Wildman–Crippen LogP) is 6.66. The molecular formula is C42H50ClN5O5. The number of hydrogen-bond donors (Lipinski definition) is 3. The topological polar surface area (TPSA) is 124 Å². The highest BCUT2D eigenvalue weighted by molar-refractivity contribution is 6.30. The first-order valence-corrected chi connectivity index (χ1v) is 19.3. The van der Waals surface area contributed by atoms with Crippen LogP contribution >= 0.6 is 11.6 Å². The second kappa shape index (κ2) is 19.5. The van der Waals surface area contributed by atoms with Gasteiger partial charge in [-0.3, -0.25) is 14.4 Å². The number of halogens is 1. The largest absolute Gasteiger partial charge is 0.376 e. The van der Waals surface area contributed by atoms with Gasteiger partial charge in [-0.2, -0.15) is 5.10 Å². The Kier molecular flexibility index (Phi) is 14.1. The van der Waals surface area contributed by atoms with Crippen LogP contribution in [0.25, 0.3) is 0 Å². The molecule has 2 aliphatic carbocycles. The summed E-state index contributed by atoms with van der Waals surface area (Å²) in [6, 6.07) is 28.7. The first-order valence-electron chi connectivity index (χ1n) is 18.9. The van der Waals surface area contributed by atoms with Crippen molar-refractivity contribution in [1.82, 2.24) is 25.7 Å². The monoisotopic (exact) mass is 739 g/mol. The molecule has 1 aromatic heterocycles. The van der Waals surface area contributed by atoms with E-state index in [4.69, 9.17) is 21.1 Å². The van der Waals surface area contributed by atoms with E-state index in [1.807, 2.05) is 78.9 Å². The van der Waals surface area contributed by atoms with Crippen molar-refractivity contribution in [3.63, 3.8) is 0 Å². The number of nitrogens with zero attached hydrogens (tertiary/aromatic N) is 2. The number of nitrogens with one attached hydrogen (secondary N) is 3. The molecule has 0 bridgehead atoms. The van der Waals surface area contributed by atoms with Crippen molar-refractivity contribution < 1.29 is 23.9 Å². The van der Waals surface area contributed by atoms with E-state index in [-0.39, 0.29) is 47.9 Å². The van der Waals surface area contributed by atoms with Gasteiger partial charge in [0.1, 0.15) is 12.2 Å². The van der Waals surface area contributed by atoms with Crippen LogP contribution in [0, 0.1) is 5.92 Å². The third-order valence-electron chi connectivity index (χ3n) is 10.2. The van der Waals surface area contributed by atoms with Crippen LogP contribution in [0.5, 0.6) is 0 Å². The minimum absolute atomic E-state index is 0.0566. The molecule has 2 saturated carbocycles. The van der Waals surface area contributed by atoms with E-state index in [1.54, 1.807) is 6.07 Å². The Morgan fingerprint density at radius 3 is 2.17 bits per heavy atom. The first-order chi connectivity index (χ1) is 25.9. The van der Waals surface area contributed by atoms with E-state index < -0.39 is 11.8 Å². The molecule has 1 heterocycles. The molecule has 11 heteroatoms. The maximum atomic E-state index is 14.0. The van der Waals surface area contributed by atoms with Gasteiger partial charge in [-0.25, -0.2) is 4.68 Å². The highest BCUT2D eigenvalue weighted by Gasteiger charge is 2.31. The number of aromatic nitrogens is 2. The Morgan fingerprint density at radius 1 is 0.736 bits per heavy atom. The standard InChI is InChI=1S/C42H50ClN5O5/c43-34-18-11-16-30(24-34)22-23-44-41(50)37-25-38(42(51)46-36-20-9-10-21-39(36)53-28-32-14-5-2-6-15-32)48(47-37)26-40(49)45-35-19-8-7-17-33(35)29-52-27-31-12-3-1-4-13-31/h1-6,11-16,18,24-25,33,35-36,39H,7-10,17,19-23,26-29H2,(H,44,50)(H,45,49)(H,46,51)/t33-,35+,36+,39+/m1/s1. The molecule has 4 atom stereocenters. The van der Waals surface area contributed by atoms with Crippen molar-refractivity contribution in [2.75, 3.05) is 13.2 Å². The van der Waals surface area contributed by atoms with Crippen LogP contribution in [0.4, 0.5) is 0 Å². The Bertz CT molecular complexity index is 1780. The van der Waals surface area contributed by atoms with Gasteiger partial charge in [0.15, 0.2) is 5.69 Å². The molecule has 6 rings (SSSR count). The zero-order chi connectivity index (χ0) is 36.8. The number of benzene rings is 3. The molecule has 0 saturated heterocycles. The number of carbonyl (C=O) groups is 3. The van der Waals surface area contributed by atoms with Crippen LogP contribution in [-0.2, 0) is 40.4 Å². The highest BCUT2D eigenvalue weighted by atomic mass is 35.5. The summed E-state index contributed by atoms with van der Waals surface area (Å²) in [6.45, 7) is 1.67. The maximum Gasteiger partial charge on any atom is 0.271 e. The lowest BCUT2D eigenvalue weighted by atomic mass is 9.85. The summed E-state index contributed by atoms with van der Waals surface area (Å²) in [6.07, 6.45) is 7.92. The molecule has 53 heavy (non-hydrogen) atoms. The second-order valence-corrected chi connectivity index (χ2v) is 14.6. The normalized spacial score (nSPS) is 20.0. The van der Waals surface area contributed by atoms with E-state index in [1.165, 1.54) is 10.7 Å². The second-order valence-electron chi connectivity index (χ2n) is 14.1. The van der Waals surface area contributed by atoms with Gasteiger partial charge in [-0.05, 0) is 60.9 Å². The molecule has 0 radical (unpaired) electrons. The van der Waals surface area contributed by atoms with Gasteiger partial charge in [0.05, 0.1) is 32.0 Å². The average Bonchev–Trinajstić information content (AvgIpc) is 3.60. The third kappa shape index (κ3) is 11.5. The summed E-state index contributed by atoms with van der Waals surface area (Å²) in [7, 11) is 0. The van der Waals surface area contributed by atoms with E-state index in [9.17, 15) is 14.4 Å². The van der Waals surface area contributed by atoms with Gasteiger partial charge in [-0.15, -0.1) is 0 Å². The van der Waals surface area contributed by atoms with E-state index in [2.05, 4.69) is 21.0 Å². The van der Waals surface area contributed by atoms with Crippen molar-refractivity contribution >= 4 is 29.3 Å². The molecule has 3 amide bonds. The van der Waals surface area contributed by atoms with E-state index in [0.717, 1.165) is 68.1 Å². The van der Waals surface area contributed by atoms with E-state index >= 15 is 0 Å². The van der Waals surface area contributed by atoms with Gasteiger partial charge >= 0.3 is 0 Å². The van der Waals surface area contributed by atoms with Gasteiger partial charge in [0.25, 0.3) is 11.8 Å². The fourth-order valence-corrected chi connectivity index (χ4v) is 7.52. The Hall–Kier alpha value is -4.51. The van der Waals surface area contributed by atoms with Gasteiger partial charge < -0.3 is 25.4 Å². The van der Waals surface area contributed by atoms with Crippen LogP contribution in [0.1, 0.15) is 89.0 Å². The van der Waals surface area contributed by atoms with Crippen molar-refractivity contribution in [1.29, 1.82) is 0 Å². The minimum Gasteiger partial charge on any atom is -0.376 e. The number of hydrogen-bond acceptors (Lipinski definition) is 6. The van der Waals surface area contributed by atoms with Crippen LogP contribution in [0.3, 0.4) is 0 Å². The molecule has 0 aliphatic heterocycles. The zero-order valence-electron chi connectivity index (χ0n) is 30.2. The summed E-state index contributed by atoms with van der Waals surface area (Å²) in [5, 5.41) is 14.4. The smallest absolute Gasteiger partial charge is 0.271 e. The predicted molar refractivity (Wildman–Crippen MR) is 204 cm³/mol. The van der Waals surface area contributed by atoms with Crippen molar-refractivity contribution in [3.8, 4) is 0 Å². The van der Waals surface area contributed by atoms with Crippen LogP contribution in [0.2, 0.25) is 5.02 Å². The SMILES string of the molecule is O=C(Cn1nc(C(=O)NCCc2cccc(Cl)c2)cc1C(=O)N[C@H]1CCCC[C@@H]1OCc1ccccc1)N[C@H]1CCCC[C@@H]1COCc1ccccc1. The fourth-order valence-electron chi connectivity index (χ4n) is 7.30. The maximum absolute atomic E-state index is 14.0. The summed E-state index contributed by atoms with van der Waals surface area (Å²) in [5.74, 6) is -0.910.